The molecule has 1 amide bonds. The molecule has 2 saturated heterocycles. The number of aryl methyl sites for hydroxylation is 1. The van der Waals surface area contributed by atoms with Crippen LogP contribution in [0.1, 0.15) is 35.8 Å². The van der Waals surface area contributed by atoms with Crippen LogP contribution in [-0.2, 0) is 16.6 Å². The highest BCUT2D eigenvalue weighted by Crippen LogP contribution is 2.52. The van der Waals surface area contributed by atoms with E-state index in [4.69, 9.17) is 22.4 Å². The Morgan fingerprint density at radius 1 is 1.12 bits per heavy atom. The van der Waals surface area contributed by atoms with Crippen LogP contribution in [-0.4, -0.2) is 89.9 Å². The van der Waals surface area contributed by atoms with Crippen molar-refractivity contribution in [3.05, 3.63) is 64.6 Å². The topological polar surface area (TPSA) is 91.1 Å². The van der Waals surface area contributed by atoms with Gasteiger partial charge in [-0.1, -0.05) is 13.5 Å². The van der Waals surface area contributed by atoms with Gasteiger partial charge in [0.05, 0.1) is 17.8 Å². The van der Waals surface area contributed by atoms with Crippen LogP contribution in [0.25, 0.3) is 10.7 Å². The average molecular weight is 572 g/mol. The van der Waals surface area contributed by atoms with Crippen LogP contribution >= 0.6 is 11.3 Å². The lowest BCUT2D eigenvalue weighted by Gasteiger charge is -2.37. The van der Waals surface area contributed by atoms with Crippen LogP contribution in [0.2, 0.25) is 0 Å². The molecule has 1 unspecified atom stereocenters. The van der Waals surface area contributed by atoms with Crippen LogP contribution in [0, 0.1) is 6.57 Å². The van der Waals surface area contributed by atoms with Crippen LogP contribution in [0.4, 0.5) is 22.2 Å². The molecule has 6 rings (SSSR count). The third-order valence-corrected chi connectivity index (χ3v) is 9.99. The number of likely N-dealkylation sites (N-methyl/N-ethyl adjacent to an activating group) is 1. The first-order chi connectivity index (χ1) is 19.8. The average Bonchev–Trinajstić information content (AvgIpc) is 3.63. The molecule has 1 aliphatic carbocycles. The first kappa shape index (κ1) is 27.3. The fraction of sp³-hybridized carbons (Fsp3) is 0.467. The van der Waals surface area contributed by atoms with E-state index in [1.807, 2.05) is 15.8 Å². The quantitative estimate of drug-likeness (QED) is 0.369. The predicted molar refractivity (Wildman–Crippen MR) is 164 cm³/mol. The van der Waals surface area contributed by atoms with E-state index in [1.54, 1.807) is 11.3 Å². The number of amides is 1. The second-order valence-corrected chi connectivity index (χ2v) is 12.6. The van der Waals surface area contributed by atoms with E-state index in [2.05, 4.69) is 58.4 Å². The maximum Gasteiger partial charge on any atom is 0.246 e. The normalized spacial score (nSPS) is 21.4. The molecule has 2 N–H and O–H groups in total. The van der Waals surface area contributed by atoms with Crippen molar-refractivity contribution < 1.29 is 4.79 Å². The minimum atomic E-state index is -0.328. The smallest absolute Gasteiger partial charge is 0.246 e. The number of nitrogen functional groups attached to an aromatic ring is 1. The van der Waals surface area contributed by atoms with Crippen molar-refractivity contribution in [3.63, 3.8) is 0 Å². The highest BCUT2D eigenvalue weighted by molar-refractivity contribution is 7.16. The van der Waals surface area contributed by atoms with Gasteiger partial charge in [0.2, 0.25) is 11.6 Å². The van der Waals surface area contributed by atoms with E-state index in [1.165, 1.54) is 11.0 Å². The van der Waals surface area contributed by atoms with Crippen LogP contribution in [0.5, 0.6) is 0 Å². The zero-order valence-corrected chi connectivity index (χ0v) is 24.7. The van der Waals surface area contributed by atoms with Gasteiger partial charge in [-0.05, 0) is 48.4 Å². The number of nitrogens with two attached hydrogens (primary N) is 1. The molecule has 11 heteroatoms. The van der Waals surface area contributed by atoms with Gasteiger partial charge in [-0.3, -0.25) is 4.79 Å². The second kappa shape index (κ2) is 10.8. The maximum absolute atomic E-state index is 12.1. The number of aromatic nitrogens is 3. The Kier molecular flexibility index (Phi) is 7.21. The van der Waals surface area contributed by atoms with Gasteiger partial charge in [0.1, 0.15) is 5.82 Å². The van der Waals surface area contributed by atoms with Gasteiger partial charge in [0.15, 0.2) is 5.82 Å². The summed E-state index contributed by atoms with van der Waals surface area (Å²) in [5, 5.41) is 5.43. The molecular weight excluding hydrogens is 534 g/mol. The molecule has 1 atom stereocenters. The van der Waals surface area contributed by atoms with Crippen molar-refractivity contribution in [2.75, 3.05) is 74.9 Å². The summed E-state index contributed by atoms with van der Waals surface area (Å²) < 4.78 is 1.88. The number of piperazine rings is 2. The number of hydrogen-bond donors (Lipinski definition) is 1. The lowest BCUT2D eigenvalue weighted by molar-refractivity contribution is -0.126. The Labute approximate surface area is 245 Å². The first-order valence-electron chi connectivity index (χ1n) is 14.3. The highest BCUT2D eigenvalue weighted by atomic mass is 32.1. The van der Waals surface area contributed by atoms with Crippen molar-refractivity contribution in [1.82, 2.24) is 24.6 Å². The van der Waals surface area contributed by atoms with E-state index in [9.17, 15) is 4.79 Å². The molecule has 0 aromatic carbocycles. The Bertz CT molecular complexity index is 1500. The molecule has 0 spiro atoms. The van der Waals surface area contributed by atoms with Gasteiger partial charge < -0.3 is 25.3 Å². The number of carbonyl (C=O) groups excluding carboxylic acids is 1. The first-order valence-corrected chi connectivity index (χ1v) is 15.1. The minimum Gasteiger partial charge on any atom is -0.399 e. The van der Waals surface area contributed by atoms with Gasteiger partial charge in [0, 0.05) is 81.8 Å². The molecule has 3 aliphatic rings. The molecule has 5 heterocycles. The number of hydrogen-bond acceptors (Lipinski definition) is 8. The Hall–Kier alpha value is -3.88. The molecule has 3 aromatic heterocycles. The standard InChI is InChI=1S/C30H37N9OS/c1-5-26(40)38-15-13-36(14-16-38)22-17-24(37-11-9-35(4)10-12-37)34-25(18-22)39-20-21(19-33-39)30(2)8-6-7-23-27(30)28(32-3)29(31)41-23/h5,17-20H,1,6-16,31H2,2,4H3. The van der Waals surface area contributed by atoms with Gasteiger partial charge in [-0.2, -0.15) is 5.10 Å². The zero-order valence-electron chi connectivity index (χ0n) is 23.8. The lowest BCUT2D eigenvalue weighted by Crippen LogP contribution is -2.48. The Morgan fingerprint density at radius 2 is 1.83 bits per heavy atom. The molecule has 41 heavy (non-hydrogen) atoms. The summed E-state index contributed by atoms with van der Waals surface area (Å²) in [6.07, 6.45) is 8.36. The second-order valence-electron chi connectivity index (χ2n) is 11.4. The van der Waals surface area contributed by atoms with E-state index in [-0.39, 0.29) is 11.3 Å². The number of carbonyl (C=O) groups is 1. The van der Waals surface area contributed by atoms with Crippen LogP contribution < -0.4 is 15.5 Å². The number of fused-ring (bicyclic) bond motifs is 1. The summed E-state index contributed by atoms with van der Waals surface area (Å²) in [6, 6.07) is 4.28. The van der Waals surface area contributed by atoms with Crippen molar-refractivity contribution in [1.29, 1.82) is 0 Å². The van der Waals surface area contributed by atoms with Crippen LogP contribution in [0.15, 0.2) is 37.2 Å². The fourth-order valence-electron chi connectivity index (χ4n) is 6.39. The van der Waals surface area contributed by atoms with Crippen molar-refractivity contribution >= 4 is 39.4 Å². The van der Waals surface area contributed by atoms with Crippen molar-refractivity contribution in [2.45, 2.75) is 31.6 Å². The summed E-state index contributed by atoms with van der Waals surface area (Å²) in [7, 11) is 2.15. The fourth-order valence-corrected chi connectivity index (χ4v) is 7.57. The van der Waals surface area contributed by atoms with Gasteiger partial charge in [-0.25, -0.2) is 14.5 Å². The summed E-state index contributed by atoms with van der Waals surface area (Å²) in [6.45, 7) is 20.3. The monoisotopic (exact) mass is 571 g/mol. The molecule has 3 aromatic rings. The number of pyridine rings is 1. The third kappa shape index (κ3) is 4.96. The van der Waals surface area contributed by atoms with E-state index >= 15 is 0 Å². The molecule has 10 nitrogen and oxygen atoms in total. The highest BCUT2D eigenvalue weighted by Gasteiger charge is 2.39. The molecule has 2 fully saturated rings. The number of thiophene rings is 1. The van der Waals surface area contributed by atoms with Gasteiger partial charge in [0.25, 0.3) is 0 Å². The van der Waals surface area contributed by atoms with E-state index in [0.717, 1.165) is 87.0 Å². The third-order valence-electron chi connectivity index (χ3n) is 8.92. The van der Waals surface area contributed by atoms with E-state index < -0.39 is 0 Å². The van der Waals surface area contributed by atoms with Gasteiger partial charge >= 0.3 is 0 Å². The van der Waals surface area contributed by atoms with E-state index in [0.29, 0.717) is 23.8 Å². The zero-order chi connectivity index (χ0) is 28.7. The largest absolute Gasteiger partial charge is 0.399 e. The predicted octanol–water partition coefficient (Wildman–Crippen LogP) is 3.69. The van der Waals surface area contributed by atoms with Gasteiger partial charge in [-0.15, -0.1) is 11.3 Å². The van der Waals surface area contributed by atoms with Crippen molar-refractivity contribution in [3.8, 4) is 5.82 Å². The number of anilines is 3. The molecule has 0 bridgehead atoms. The molecule has 0 saturated carbocycles. The lowest BCUT2D eigenvalue weighted by atomic mass is 9.70. The molecular formula is C30H37N9OS. The summed E-state index contributed by atoms with van der Waals surface area (Å²) in [4.78, 5) is 31.2. The molecule has 2 aliphatic heterocycles. The summed E-state index contributed by atoms with van der Waals surface area (Å²) in [5.74, 6) is 1.69. The molecule has 214 valence electrons. The minimum absolute atomic E-state index is 0.0182. The summed E-state index contributed by atoms with van der Waals surface area (Å²) >= 11 is 1.56. The number of rotatable bonds is 5. The number of nitrogens with zero attached hydrogens (tertiary/aromatic N) is 8. The maximum atomic E-state index is 12.1. The molecule has 0 radical (unpaired) electrons. The summed E-state index contributed by atoms with van der Waals surface area (Å²) in [5.41, 5.74) is 9.79. The van der Waals surface area contributed by atoms with Crippen LogP contribution in [0.3, 0.4) is 0 Å². The van der Waals surface area contributed by atoms with Crippen molar-refractivity contribution in [2.24, 2.45) is 0 Å². The Balaban J connectivity index is 1.36. The Morgan fingerprint density at radius 3 is 2.54 bits per heavy atom. The SMILES string of the molecule is [C-]#[N+]c1c(N)sc2c1C(C)(c1cnn(-c3cc(N4CCN(C(=O)C=C)CC4)cc(N4CCN(C)CC4)n3)c1)CCC2.